The van der Waals surface area contributed by atoms with Crippen LogP contribution in [0, 0.1) is 0 Å². The summed E-state index contributed by atoms with van der Waals surface area (Å²) >= 11 is 6.89. The average molecular weight is 405 g/mol. The van der Waals surface area contributed by atoms with Crippen molar-refractivity contribution in [3.8, 4) is 5.75 Å². The van der Waals surface area contributed by atoms with Crippen molar-refractivity contribution >= 4 is 48.7 Å². The molecule has 0 saturated carbocycles. The highest BCUT2D eigenvalue weighted by molar-refractivity contribution is 9.11. The van der Waals surface area contributed by atoms with Gasteiger partial charge in [-0.3, -0.25) is 9.78 Å². The van der Waals surface area contributed by atoms with Gasteiger partial charge < -0.3 is 9.57 Å². The molecule has 0 fully saturated rings. The highest BCUT2D eigenvalue weighted by atomic mass is 79.9. The van der Waals surface area contributed by atoms with Crippen molar-refractivity contribution in [2.24, 2.45) is 5.84 Å². The third-order valence-corrected chi connectivity index (χ3v) is 3.72. The molecule has 0 unspecified atom stereocenters. The summed E-state index contributed by atoms with van der Waals surface area (Å²) in [7, 11) is 0. The molecule has 1 heterocycles. The number of hydrogen-bond acceptors (Lipinski definition) is 6. The fourth-order valence-corrected chi connectivity index (χ4v) is 3.02. The van der Waals surface area contributed by atoms with Crippen molar-refractivity contribution in [1.29, 1.82) is 0 Å². The van der Waals surface area contributed by atoms with Crippen LogP contribution in [0.3, 0.4) is 0 Å². The minimum atomic E-state index is -0.502. The lowest BCUT2D eigenvalue weighted by atomic mass is 10.2. The molecule has 0 amide bonds. The second-order valence-corrected chi connectivity index (χ2v) is 5.47. The van der Waals surface area contributed by atoms with Gasteiger partial charge in [0.2, 0.25) is 0 Å². The van der Waals surface area contributed by atoms with Crippen molar-refractivity contribution in [3.05, 3.63) is 33.3 Å². The molecule has 2 rings (SSSR count). The lowest BCUT2D eigenvalue weighted by molar-refractivity contribution is -0.151. The molecule has 0 atom stereocenters. The van der Waals surface area contributed by atoms with E-state index in [9.17, 15) is 4.79 Å². The topological polar surface area (TPSA) is 86.5 Å². The Morgan fingerprint density at radius 2 is 2.20 bits per heavy atom. The van der Waals surface area contributed by atoms with Gasteiger partial charge in [-0.1, -0.05) is 27.6 Å². The van der Waals surface area contributed by atoms with Crippen LogP contribution in [0.4, 0.5) is 0 Å². The molecule has 1 aromatic heterocycles. The summed E-state index contributed by atoms with van der Waals surface area (Å²) in [5.41, 5.74) is 2.54. The molecule has 0 saturated heterocycles. The number of carbonyl (C=O) groups is 1. The molecule has 0 bridgehead atoms. The van der Waals surface area contributed by atoms with Crippen LogP contribution in [-0.2, 0) is 9.63 Å². The first-order valence-corrected chi connectivity index (χ1v) is 7.23. The Balaban J connectivity index is 2.19. The van der Waals surface area contributed by atoms with Gasteiger partial charge in [0.15, 0.2) is 5.75 Å². The number of nitrogens with one attached hydrogen (secondary N) is 1. The largest absolute Gasteiger partial charge is 0.489 e. The number of aromatic nitrogens is 1. The van der Waals surface area contributed by atoms with E-state index >= 15 is 0 Å². The number of benzene rings is 1. The van der Waals surface area contributed by atoms with Gasteiger partial charge in [0, 0.05) is 16.1 Å². The number of ether oxygens (including phenoxy) is 1. The zero-order valence-electron chi connectivity index (χ0n) is 10.2. The van der Waals surface area contributed by atoms with Gasteiger partial charge in [-0.15, -0.1) is 0 Å². The Morgan fingerprint density at radius 3 is 2.95 bits per heavy atom. The Bertz CT molecular complexity index is 637. The molecule has 20 heavy (non-hydrogen) atoms. The molecule has 3 N–H and O–H groups in total. The van der Waals surface area contributed by atoms with E-state index < -0.39 is 5.97 Å². The van der Waals surface area contributed by atoms with Gasteiger partial charge >= 0.3 is 5.97 Å². The van der Waals surface area contributed by atoms with Crippen LogP contribution in [0.25, 0.3) is 10.9 Å². The zero-order chi connectivity index (χ0) is 14.5. The van der Waals surface area contributed by atoms with Crippen LogP contribution < -0.4 is 16.2 Å². The summed E-state index contributed by atoms with van der Waals surface area (Å²) in [6.45, 7) is 0.159. The van der Waals surface area contributed by atoms with Crippen LogP contribution in [0.1, 0.15) is 6.42 Å². The summed E-state index contributed by atoms with van der Waals surface area (Å²) in [6.07, 6.45) is 1.75. The van der Waals surface area contributed by atoms with E-state index in [0.29, 0.717) is 11.3 Å². The van der Waals surface area contributed by atoms with Gasteiger partial charge in [0.25, 0.3) is 0 Å². The summed E-state index contributed by atoms with van der Waals surface area (Å²) in [5.74, 6) is 4.95. The summed E-state index contributed by atoms with van der Waals surface area (Å²) in [4.78, 5) is 19.9. The second kappa shape index (κ2) is 6.98. The van der Waals surface area contributed by atoms with Crippen molar-refractivity contribution in [3.63, 3.8) is 0 Å². The molecule has 0 radical (unpaired) electrons. The minimum Gasteiger partial charge on any atom is -0.489 e. The van der Waals surface area contributed by atoms with E-state index in [2.05, 4.69) is 41.7 Å². The van der Waals surface area contributed by atoms with Crippen LogP contribution in [0.5, 0.6) is 5.75 Å². The van der Waals surface area contributed by atoms with Crippen molar-refractivity contribution in [2.75, 3.05) is 6.61 Å². The van der Waals surface area contributed by atoms with E-state index in [1.165, 1.54) is 0 Å². The first-order valence-electron chi connectivity index (χ1n) is 5.64. The molecule has 106 valence electrons. The SMILES string of the molecule is NNOC(=O)CCOc1c(Br)cc(Br)c2cccnc12. The molecule has 0 aliphatic rings. The lowest BCUT2D eigenvalue weighted by Gasteiger charge is -2.11. The number of nitrogens with two attached hydrogens (primary N) is 1. The molecule has 6 nitrogen and oxygen atoms in total. The standard InChI is InChI=1S/C12H11Br2N3O3/c13-8-6-9(14)12(11-7(8)2-1-4-16-11)19-5-3-10(18)20-17-15/h1-2,4,6,17H,3,5,15H2. The quantitative estimate of drug-likeness (QED) is 0.588. The number of pyridine rings is 1. The van der Waals surface area contributed by atoms with Gasteiger partial charge in [-0.25, -0.2) is 5.84 Å². The number of nitrogens with zero attached hydrogens (tertiary/aromatic N) is 1. The van der Waals surface area contributed by atoms with Crippen LogP contribution in [0.2, 0.25) is 0 Å². The zero-order valence-corrected chi connectivity index (χ0v) is 13.4. The van der Waals surface area contributed by atoms with Crippen molar-refractivity contribution in [1.82, 2.24) is 10.6 Å². The molecule has 2 aromatic rings. The van der Waals surface area contributed by atoms with Crippen LogP contribution in [0.15, 0.2) is 33.3 Å². The number of carbonyl (C=O) groups excluding carboxylic acids is 1. The molecular formula is C12H11Br2N3O3. The Morgan fingerprint density at radius 1 is 1.40 bits per heavy atom. The van der Waals surface area contributed by atoms with Gasteiger partial charge in [-0.05, 0) is 28.1 Å². The molecule has 0 aliphatic carbocycles. The Hall–Kier alpha value is -1.22. The van der Waals surface area contributed by atoms with E-state index in [1.54, 1.807) is 6.20 Å². The maximum absolute atomic E-state index is 11.2. The van der Waals surface area contributed by atoms with Gasteiger partial charge in [0.05, 0.1) is 17.5 Å². The van der Waals surface area contributed by atoms with E-state index in [4.69, 9.17) is 10.6 Å². The second-order valence-electron chi connectivity index (χ2n) is 3.76. The van der Waals surface area contributed by atoms with Crippen molar-refractivity contribution in [2.45, 2.75) is 6.42 Å². The normalized spacial score (nSPS) is 10.6. The minimum absolute atomic E-state index is 0.0705. The predicted octanol–water partition coefficient (Wildman–Crippen LogP) is 2.45. The van der Waals surface area contributed by atoms with E-state index in [-0.39, 0.29) is 13.0 Å². The lowest BCUT2D eigenvalue weighted by Crippen LogP contribution is -2.27. The first kappa shape index (κ1) is 15.2. The predicted molar refractivity (Wildman–Crippen MR) is 80.7 cm³/mol. The van der Waals surface area contributed by atoms with E-state index in [1.807, 2.05) is 23.8 Å². The van der Waals surface area contributed by atoms with Crippen LogP contribution >= 0.6 is 31.9 Å². The Kier molecular flexibility index (Phi) is 5.30. The summed E-state index contributed by atoms with van der Waals surface area (Å²) in [6, 6.07) is 5.65. The number of hydrazine groups is 1. The number of hydrogen-bond donors (Lipinski definition) is 2. The number of fused-ring (bicyclic) bond motifs is 1. The fraction of sp³-hybridized carbons (Fsp3) is 0.167. The molecule has 0 spiro atoms. The first-order chi connectivity index (χ1) is 9.63. The van der Waals surface area contributed by atoms with E-state index in [0.717, 1.165) is 14.3 Å². The number of rotatable bonds is 5. The molecular weight excluding hydrogens is 394 g/mol. The maximum Gasteiger partial charge on any atom is 0.329 e. The molecule has 0 aliphatic heterocycles. The smallest absolute Gasteiger partial charge is 0.329 e. The van der Waals surface area contributed by atoms with Crippen LogP contribution in [-0.4, -0.2) is 17.6 Å². The fourth-order valence-electron chi connectivity index (χ4n) is 1.64. The maximum atomic E-state index is 11.2. The highest BCUT2D eigenvalue weighted by Gasteiger charge is 2.12. The highest BCUT2D eigenvalue weighted by Crippen LogP contribution is 2.37. The van der Waals surface area contributed by atoms with Gasteiger partial charge in [-0.2, -0.15) is 0 Å². The monoisotopic (exact) mass is 403 g/mol. The third-order valence-electron chi connectivity index (χ3n) is 2.48. The molecule has 1 aromatic carbocycles. The average Bonchev–Trinajstić information content (AvgIpc) is 2.43. The summed E-state index contributed by atoms with van der Waals surface area (Å²) < 4.78 is 7.28. The Labute approximate surface area is 131 Å². The third kappa shape index (κ3) is 3.45. The molecule has 8 heteroatoms. The number of halogens is 2. The van der Waals surface area contributed by atoms with Crippen molar-refractivity contribution < 1.29 is 14.4 Å². The van der Waals surface area contributed by atoms with Gasteiger partial charge in [0.1, 0.15) is 5.52 Å². The summed E-state index contributed by atoms with van der Waals surface area (Å²) in [5, 5.41) is 0.928.